The summed E-state index contributed by atoms with van der Waals surface area (Å²) in [5.74, 6) is 2.02. The van der Waals surface area contributed by atoms with Gasteiger partial charge >= 0.3 is 0 Å². The third kappa shape index (κ3) is 5.58. The summed E-state index contributed by atoms with van der Waals surface area (Å²) < 4.78 is 0. The van der Waals surface area contributed by atoms with Gasteiger partial charge in [0.05, 0.1) is 0 Å². The first-order valence-electron chi connectivity index (χ1n) is 6.66. The molecule has 0 spiro atoms. The lowest BCUT2D eigenvalue weighted by molar-refractivity contribution is 0.265. The average molecular weight is 210 g/mol. The lowest BCUT2D eigenvalue weighted by Crippen LogP contribution is -2.13. The fourth-order valence-corrected chi connectivity index (χ4v) is 3.28. The second kappa shape index (κ2) is 4.47. The Morgan fingerprint density at radius 3 is 1.33 bits per heavy atom. The van der Waals surface area contributed by atoms with Gasteiger partial charge in [-0.15, -0.1) is 0 Å². The Morgan fingerprint density at radius 2 is 1.07 bits per heavy atom. The molecule has 2 atom stereocenters. The summed E-state index contributed by atoms with van der Waals surface area (Å²) in [6.07, 6.45) is 7.31. The third-order valence-corrected chi connectivity index (χ3v) is 3.45. The molecule has 0 aromatic heterocycles. The summed E-state index contributed by atoms with van der Waals surface area (Å²) in [5.41, 5.74) is 1.06. The van der Waals surface area contributed by atoms with E-state index in [0.717, 1.165) is 11.8 Å². The number of hydrogen-bond donors (Lipinski definition) is 0. The Morgan fingerprint density at radius 1 is 0.733 bits per heavy atom. The highest BCUT2D eigenvalue weighted by Gasteiger charge is 2.30. The molecule has 0 amide bonds. The van der Waals surface area contributed by atoms with Crippen LogP contribution in [0.2, 0.25) is 0 Å². The monoisotopic (exact) mass is 210 g/mol. The SMILES string of the molecule is CC(C)(C)CC1CCC(CC(C)(C)C)C1. The van der Waals surface area contributed by atoms with E-state index in [1.165, 1.54) is 32.1 Å². The van der Waals surface area contributed by atoms with Gasteiger partial charge in [0, 0.05) is 0 Å². The minimum Gasteiger partial charge on any atom is -0.0602 e. The molecule has 0 saturated heterocycles. The molecule has 90 valence electrons. The summed E-state index contributed by atoms with van der Waals surface area (Å²) in [4.78, 5) is 0. The van der Waals surface area contributed by atoms with Crippen molar-refractivity contribution in [2.75, 3.05) is 0 Å². The Hall–Kier alpha value is 0. The van der Waals surface area contributed by atoms with E-state index in [1.807, 2.05) is 0 Å². The zero-order chi connectivity index (χ0) is 11.7. The topological polar surface area (TPSA) is 0 Å². The fraction of sp³-hybridized carbons (Fsp3) is 1.00. The highest BCUT2D eigenvalue weighted by molar-refractivity contribution is 4.81. The molecule has 0 bridgehead atoms. The lowest BCUT2D eigenvalue weighted by atomic mass is 9.81. The maximum Gasteiger partial charge on any atom is -0.0380 e. The fourth-order valence-electron chi connectivity index (χ4n) is 3.28. The minimum absolute atomic E-state index is 0.529. The molecule has 2 unspecified atom stereocenters. The second-order valence-corrected chi connectivity index (χ2v) is 8.07. The Bertz CT molecular complexity index is 167. The van der Waals surface area contributed by atoms with Crippen LogP contribution in [-0.4, -0.2) is 0 Å². The van der Waals surface area contributed by atoms with E-state index in [0.29, 0.717) is 10.8 Å². The van der Waals surface area contributed by atoms with Crippen molar-refractivity contribution in [3.63, 3.8) is 0 Å². The predicted octanol–water partition coefficient (Wildman–Crippen LogP) is 5.28. The van der Waals surface area contributed by atoms with Crippen LogP contribution in [-0.2, 0) is 0 Å². The van der Waals surface area contributed by atoms with E-state index in [9.17, 15) is 0 Å². The number of rotatable bonds is 2. The first kappa shape index (κ1) is 13.1. The van der Waals surface area contributed by atoms with Gasteiger partial charge in [-0.3, -0.25) is 0 Å². The van der Waals surface area contributed by atoms with Crippen molar-refractivity contribution < 1.29 is 0 Å². The van der Waals surface area contributed by atoms with Crippen molar-refractivity contribution in [3.05, 3.63) is 0 Å². The maximum atomic E-state index is 2.38. The van der Waals surface area contributed by atoms with Crippen LogP contribution in [0.5, 0.6) is 0 Å². The Balaban J connectivity index is 2.33. The molecule has 1 rings (SSSR count). The van der Waals surface area contributed by atoms with Gasteiger partial charge in [0.1, 0.15) is 0 Å². The van der Waals surface area contributed by atoms with E-state index >= 15 is 0 Å². The molecule has 0 aliphatic heterocycles. The predicted molar refractivity (Wildman–Crippen MR) is 69.0 cm³/mol. The van der Waals surface area contributed by atoms with Crippen LogP contribution in [0.4, 0.5) is 0 Å². The molecule has 0 radical (unpaired) electrons. The van der Waals surface area contributed by atoms with Crippen LogP contribution in [0.15, 0.2) is 0 Å². The standard InChI is InChI=1S/C15H30/c1-14(2,3)10-12-7-8-13(9-12)11-15(4,5)6/h12-13H,7-11H2,1-6H3. The van der Waals surface area contributed by atoms with E-state index in [1.54, 1.807) is 0 Å². The Kier molecular flexibility index (Phi) is 3.90. The number of hydrogen-bond acceptors (Lipinski definition) is 0. The minimum atomic E-state index is 0.529. The van der Waals surface area contributed by atoms with Gasteiger partial charge in [-0.05, 0) is 41.9 Å². The highest BCUT2D eigenvalue weighted by atomic mass is 14.4. The molecule has 0 aromatic rings. The average Bonchev–Trinajstić information content (AvgIpc) is 2.28. The van der Waals surface area contributed by atoms with Crippen LogP contribution in [0, 0.1) is 22.7 Å². The van der Waals surface area contributed by atoms with Crippen molar-refractivity contribution >= 4 is 0 Å². The molecular formula is C15H30. The van der Waals surface area contributed by atoms with E-state index < -0.39 is 0 Å². The molecule has 0 aromatic carbocycles. The first-order valence-corrected chi connectivity index (χ1v) is 6.66. The third-order valence-electron chi connectivity index (χ3n) is 3.45. The van der Waals surface area contributed by atoms with E-state index in [-0.39, 0.29) is 0 Å². The molecule has 0 N–H and O–H groups in total. The molecule has 1 fully saturated rings. The zero-order valence-corrected chi connectivity index (χ0v) is 11.7. The molecular weight excluding hydrogens is 180 g/mol. The second-order valence-electron chi connectivity index (χ2n) is 8.07. The molecule has 0 heterocycles. The van der Waals surface area contributed by atoms with Gasteiger partial charge in [0.25, 0.3) is 0 Å². The zero-order valence-electron chi connectivity index (χ0n) is 11.7. The van der Waals surface area contributed by atoms with Crippen molar-refractivity contribution in [3.8, 4) is 0 Å². The smallest absolute Gasteiger partial charge is 0.0380 e. The van der Waals surface area contributed by atoms with Crippen molar-refractivity contribution in [1.82, 2.24) is 0 Å². The largest absolute Gasteiger partial charge is 0.0602 e. The summed E-state index contributed by atoms with van der Waals surface area (Å²) in [6, 6.07) is 0. The van der Waals surface area contributed by atoms with Gasteiger partial charge < -0.3 is 0 Å². The highest BCUT2D eigenvalue weighted by Crippen LogP contribution is 2.42. The van der Waals surface area contributed by atoms with Crippen LogP contribution in [0.1, 0.15) is 73.6 Å². The summed E-state index contributed by atoms with van der Waals surface area (Å²) in [6.45, 7) is 14.3. The van der Waals surface area contributed by atoms with Gasteiger partial charge in [0.15, 0.2) is 0 Å². The molecule has 15 heavy (non-hydrogen) atoms. The van der Waals surface area contributed by atoms with Crippen molar-refractivity contribution in [1.29, 1.82) is 0 Å². The quantitative estimate of drug-likeness (QED) is 0.582. The van der Waals surface area contributed by atoms with Gasteiger partial charge in [-0.1, -0.05) is 54.4 Å². The molecule has 0 nitrogen and oxygen atoms in total. The van der Waals surface area contributed by atoms with Crippen molar-refractivity contribution in [2.24, 2.45) is 22.7 Å². The summed E-state index contributed by atoms with van der Waals surface area (Å²) in [5, 5.41) is 0. The maximum absolute atomic E-state index is 2.38. The summed E-state index contributed by atoms with van der Waals surface area (Å²) in [7, 11) is 0. The Labute approximate surface area is 96.8 Å². The molecule has 0 heteroatoms. The van der Waals surface area contributed by atoms with E-state index in [4.69, 9.17) is 0 Å². The van der Waals surface area contributed by atoms with Crippen LogP contribution >= 0.6 is 0 Å². The molecule has 1 aliphatic carbocycles. The van der Waals surface area contributed by atoms with Gasteiger partial charge in [-0.25, -0.2) is 0 Å². The van der Waals surface area contributed by atoms with Gasteiger partial charge in [0.2, 0.25) is 0 Å². The first-order chi connectivity index (χ1) is 6.66. The normalized spacial score (nSPS) is 28.4. The van der Waals surface area contributed by atoms with Crippen molar-refractivity contribution in [2.45, 2.75) is 73.6 Å². The molecule has 1 aliphatic rings. The molecule has 1 saturated carbocycles. The van der Waals surface area contributed by atoms with Crippen LogP contribution in [0.3, 0.4) is 0 Å². The van der Waals surface area contributed by atoms with Crippen LogP contribution < -0.4 is 0 Å². The summed E-state index contributed by atoms with van der Waals surface area (Å²) >= 11 is 0. The van der Waals surface area contributed by atoms with Gasteiger partial charge in [-0.2, -0.15) is 0 Å². The van der Waals surface area contributed by atoms with Crippen LogP contribution in [0.25, 0.3) is 0 Å². The van der Waals surface area contributed by atoms with E-state index in [2.05, 4.69) is 41.5 Å². The lowest BCUT2D eigenvalue weighted by Gasteiger charge is -2.25.